The number of hydrogen-bond acceptors (Lipinski definition) is 3. The van der Waals surface area contributed by atoms with Crippen LogP contribution in [0.2, 0.25) is 0 Å². The first-order chi connectivity index (χ1) is 7.18. The molecule has 0 amide bonds. The monoisotopic (exact) mass is 207 g/mol. The number of rotatable bonds is 1. The topological polar surface area (TPSA) is 38.1 Å². The number of nitrogens with zero attached hydrogens (tertiary/aromatic N) is 3. The third-order valence-corrected chi connectivity index (χ3v) is 3.02. The van der Waals surface area contributed by atoms with Gasteiger partial charge < -0.3 is 4.90 Å². The Kier molecular flexibility index (Phi) is 2.75. The first-order valence-electron chi connectivity index (χ1n) is 5.48. The number of hydrogen-bond donors (Lipinski definition) is 0. The molecule has 0 N–H and O–H groups in total. The SMILES string of the molecule is Cc1nc(N2CCCCC2)cc(=O)n1C. The molecule has 2 heterocycles. The largest absolute Gasteiger partial charge is 0.356 e. The van der Waals surface area contributed by atoms with Gasteiger partial charge in [0, 0.05) is 26.2 Å². The Balaban J connectivity index is 2.32. The van der Waals surface area contributed by atoms with Crippen LogP contribution in [0.5, 0.6) is 0 Å². The molecule has 0 aromatic carbocycles. The van der Waals surface area contributed by atoms with Crippen molar-refractivity contribution < 1.29 is 0 Å². The van der Waals surface area contributed by atoms with Gasteiger partial charge in [0.15, 0.2) is 0 Å². The third-order valence-electron chi connectivity index (χ3n) is 3.02. The van der Waals surface area contributed by atoms with E-state index < -0.39 is 0 Å². The maximum absolute atomic E-state index is 11.6. The molecule has 0 unspecified atom stereocenters. The maximum Gasteiger partial charge on any atom is 0.255 e. The molecule has 15 heavy (non-hydrogen) atoms. The zero-order chi connectivity index (χ0) is 10.8. The van der Waals surface area contributed by atoms with Crippen LogP contribution in [0.3, 0.4) is 0 Å². The highest BCUT2D eigenvalue weighted by Gasteiger charge is 2.13. The lowest BCUT2D eigenvalue weighted by molar-refractivity contribution is 0.570. The second-order valence-corrected chi connectivity index (χ2v) is 4.11. The third kappa shape index (κ3) is 2.03. The Morgan fingerprint density at radius 1 is 1.27 bits per heavy atom. The average molecular weight is 207 g/mol. The molecular weight excluding hydrogens is 190 g/mol. The Morgan fingerprint density at radius 2 is 1.93 bits per heavy atom. The van der Waals surface area contributed by atoms with Gasteiger partial charge in [0.1, 0.15) is 11.6 Å². The summed E-state index contributed by atoms with van der Waals surface area (Å²) in [5, 5.41) is 0. The van der Waals surface area contributed by atoms with Gasteiger partial charge >= 0.3 is 0 Å². The van der Waals surface area contributed by atoms with Gasteiger partial charge in [-0.05, 0) is 26.2 Å². The van der Waals surface area contributed by atoms with Gasteiger partial charge in [-0.15, -0.1) is 0 Å². The fraction of sp³-hybridized carbons (Fsp3) is 0.636. The van der Waals surface area contributed by atoms with Crippen molar-refractivity contribution in [2.75, 3.05) is 18.0 Å². The fourth-order valence-electron chi connectivity index (χ4n) is 1.92. The summed E-state index contributed by atoms with van der Waals surface area (Å²) >= 11 is 0. The summed E-state index contributed by atoms with van der Waals surface area (Å²) in [7, 11) is 1.75. The number of anilines is 1. The van der Waals surface area contributed by atoms with Crippen LogP contribution in [0.15, 0.2) is 10.9 Å². The van der Waals surface area contributed by atoms with Crippen LogP contribution in [0.4, 0.5) is 5.82 Å². The first kappa shape index (κ1) is 10.2. The van der Waals surface area contributed by atoms with E-state index in [1.54, 1.807) is 17.7 Å². The average Bonchev–Trinajstić information content (AvgIpc) is 2.26. The zero-order valence-electron chi connectivity index (χ0n) is 9.36. The summed E-state index contributed by atoms with van der Waals surface area (Å²) < 4.78 is 1.58. The van der Waals surface area contributed by atoms with Crippen molar-refractivity contribution in [3.05, 3.63) is 22.2 Å². The molecule has 1 aliphatic heterocycles. The van der Waals surface area contributed by atoms with Crippen molar-refractivity contribution in [2.45, 2.75) is 26.2 Å². The van der Waals surface area contributed by atoms with E-state index in [2.05, 4.69) is 9.88 Å². The first-order valence-corrected chi connectivity index (χ1v) is 5.48. The second kappa shape index (κ2) is 4.04. The summed E-state index contributed by atoms with van der Waals surface area (Å²) in [4.78, 5) is 18.3. The van der Waals surface area contributed by atoms with Crippen LogP contribution < -0.4 is 10.5 Å². The lowest BCUT2D eigenvalue weighted by Gasteiger charge is -2.27. The molecule has 0 bridgehead atoms. The van der Waals surface area contributed by atoms with Gasteiger partial charge in [0.05, 0.1) is 0 Å². The molecule has 0 radical (unpaired) electrons. The lowest BCUT2D eigenvalue weighted by Crippen LogP contribution is -2.32. The minimum Gasteiger partial charge on any atom is -0.356 e. The molecule has 0 saturated carbocycles. The van der Waals surface area contributed by atoms with Crippen molar-refractivity contribution in [1.29, 1.82) is 0 Å². The molecule has 1 aliphatic rings. The van der Waals surface area contributed by atoms with Crippen LogP contribution in [0, 0.1) is 6.92 Å². The Hall–Kier alpha value is -1.32. The molecule has 0 spiro atoms. The normalized spacial score (nSPS) is 16.8. The Labute approximate surface area is 89.6 Å². The van der Waals surface area contributed by atoms with E-state index in [1.165, 1.54) is 19.3 Å². The van der Waals surface area contributed by atoms with Crippen LogP contribution in [0.25, 0.3) is 0 Å². The fourth-order valence-corrected chi connectivity index (χ4v) is 1.92. The predicted octanol–water partition coefficient (Wildman–Crippen LogP) is 1.08. The van der Waals surface area contributed by atoms with Gasteiger partial charge in [-0.2, -0.15) is 0 Å². The summed E-state index contributed by atoms with van der Waals surface area (Å²) in [6.07, 6.45) is 3.70. The number of aromatic nitrogens is 2. The van der Waals surface area contributed by atoms with E-state index in [4.69, 9.17) is 0 Å². The van der Waals surface area contributed by atoms with Crippen molar-refractivity contribution in [3.63, 3.8) is 0 Å². The number of piperidine rings is 1. The van der Waals surface area contributed by atoms with Crippen molar-refractivity contribution >= 4 is 5.82 Å². The highest BCUT2D eigenvalue weighted by atomic mass is 16.1. The smallest absolute Gasteiger partial charge is 0.255 e. The highest BCUT2D eigenvalue weighted by molar-refractivity contribution is 5.37. The molecule has 1 aromatic rings. The molecule has 2 rings (SSSR count). The molecular formula is C11H17N3O. The van der Waals surface area contributed by atoms with E-state index >= 15 is 0 Å². The summed E-state index contributed by atoms with van der Waals surface area (Å²) in [5.41, 5.74) is 0.0306. The van der Waals surface area contributed by atoms with Crippen LogP contribution in [0.1, 0.15) is 25.1 Å². The van der Waals surface area contributed by atoms with Gasteiger partial charge in [-0.25, -0.2) is 4.98 Å². The molecule has 1 saturated heterocycles. The van der Waals surface area contributed by atoms with Gasteiger partial charge in [0.2, 0.25) is 0 Å². The molecule has 1 fully saturated rings. The highest BCUT2D eigenvalue weighted by Crippen LogP contribution is 2.15. The standard InChI is InChI=1S/C11H17N3O/c1-9-12-10(8-11(15)13(9)2)14-6-4-3-5-7-14/h8H,3-7H2,1-2H3. The van der Waals surface area contributed by atoms with E-state index in [0.29, 0.717) is 0 Å². The Bertz CT molecular complexity index is 405. The predicted molar refractivity (Wildman–Crippen MR) is 60.3 cm³/mol. The van der Waals surface area contributed by atoms with Gasteiger partial charge in [0.25, 0.3) is 5.56 Å². The van der Waals surface area contributed by atoms with E-state index in [-0.39, 0.29) is 5.56 Å². The molecule has 4 nitrogen and oxygen atoms in total. The van der Waals surface area contributed by atoms with Crippen LogP contribution >= 0.6 is 0 Å². The van der Waals surface area contributed by atoms with Crippen molar-refractivity contribution in [2.24, 2.45) is 7.05 Å². The van der Waals surface area contributed by atoms with E-state index in [1.807, 2.05) is 6.92 Å². The molecule has 0 aliphatic carbocycles. The second-order valence-electron chi connectivity index (χ2n) is 4.11. The maximum atomic E-state index is 11.6. The van der Waals surface area contributed by atoms with Gasteiger partial charge in [-0.1, -0.05) is 0 Å². The minimum absolute atomic E-state index is 0.0306. The van der Waals surface area contributed by atoms with Crippen LogP contribution in [-0.2, 0) is 7.05 Å². The number of aryl methyl sites for hydroxylation is 1. The summed E-state index contributed by atoms with van der Waals surface area (Å²) in [6.45, 7) is 3.92. The molecule has 0 atom stereocenters. The van der Waals surface area contributed by atoms with Crippen molar-refractivity contribution in [1.82, 2.24) is 9.55 Å². The molecule has 1 aromatic heterocycles. The van der Waals surface area contributed by atoms with Crippen molar-refractivity contribution in [3.8, 4) is 0 Å². The minimum atomic E-state index is 0.0306. The van der Waals surface area contributed by atoms with E-state index in [0.717, 1.165) is 24.7 Å². The molecule has 82 valence electrons. The lowest BCUT2D eigenvalue weighted by atomic mass is 10.1. The molecule has 4 heteroatoms. The summed E-state index contributed by atoms with van der Waals surface area (Å²) in [6, 6.07) is 1.64. The van der Waals surface area contributed by atoms with E-state index in [9.17, 15) is 4.79 Å². The quantitative estimate of drug-likeness (QED) is 0.691. The van der Waals surface area contributed by atoms with Gasteiger partial charge in [-0.3, -0.25) is 9.36 Å². The zero-order valence-corrected chi connectivity index (χ0v) is 9.36. The summed E-state index contributed by atoms with van der Waals surface area (Å²) in [5.74, 6) is 1.62. The Morgan fingerprint density at radius 3 is 2.53 bits per heavy atom. The van der Waals surface area contributed by atoms with Crippen LogP contribution in [-0.4, -0.2) is 22.6 Å².